The van der Waals surface area contributed by atoms with Crippen molar-refractivity contribution in [3.05, 3.63) is 124 Å². The normalized spacial score (nSPS) is 33.5. The highest BCUT2D eigenvalue weighted by atomic mass is 16.3. The molecule has 10 rings (SSSR count). The average molecular weight is 634 g/mol. The molecule has 244 valence electrons. The zero-order valence-electron chi connectivity index (χ0n) is 28.2. The monoisotopic (exact) mass is 633 g/mol. The van der Waals surface area contributed by atoms with Crippen LogP contribution < -0.4 is 16.0 Å². The van der Waals surface area contributed by atoms with Crippen LogP contribution in [0.15, 0.2) is 107 Å². The van der Waals surface area contributed by atoms with E-state index in [2.05, 4.69) is 127 Å². The van der Waals surface area contributed by atoms with Crippen LogP contribution in [0.5, 0.6) is 0 Å². The molecule has 4 aromatic rings. The van der Waals surface area contributed by atoms with Gasteiger partial charge in [0.05, 0.1) is 18.5 Å². The quantitative estimate of drug-likeness (QED) is 0.197. The number of rotatable bonds is 3. The average Bonchev–Trinajstić information content (AvgIpc) is 3.63. The van der Waals surface area contributed by atoms with Crippen molar-refractivity contribution in [1.29, 1.82) is 0 Å². The summed E-state index contributed by atoms with van der Waals surface area (Å²) in [6, 6.07) is 22.2. The minimum Gasteiger partial charge on any atom is -0.456 e. The van der Waals surface area contributed by atoms with Crippen LogP contribution >= 0.6 is 0 Å². The van der Waals surface area contributed by atoms with Gasteiger partial charge in [0.15, 0.2) is 0 Å². The van der Waals surface area contributed by atoms with E-state index < -0.39 is 0 Å². The van der Waals surface area contributed by atoms with Gasteiger partial charge < -0.3 is 4.42 Å². The molecule has 0 amide bonds. The van der Waals surface area contributed by atoms with Crippen LogP contribution in [0.25, 0.3) is 28.0 Å². The minimum absolute atomic E-state index is 0.167. The number of para-hydroxylation sites is 1. The maximum Gasteiger partial charge on any atom is 0.135 e. The molecule has 0 spiro atoms. The lowest BCUT2D eigenvalue weighted by Crippen LogP contribution is -2.70. The van der Waals surface area contributed by atoms with Crippen LogP contribution in [0, 0.1) is 17.8 Å². The number of fused-ring (bicyclic) bond motifs is 10. The van der Waals surface area contributed by atoms with Crippen molar-refractivity contribution < 1.29 is 4.42 Å². The van der Waals surface area contributed by atoms with E-state index >= 15 is 0 Å². The van der Waals surface area contributed by atoms with Crippen molar-refractivity contribution in [1.82, 2.24) is 16.0 Å². The third-order valence-electron chi connectivity index (χ3n) is 13.2. The molecule has 6 aliphatic rings. The Morgan fingerprint density at radius 1 is 0.792 bits per heavy atom. The van der Waals surface area contributed by atoms with Gasteiger partial charge in [0, 0.05) is 16.7 Å². The molecule has 48 heavy (non-hydrogen) atoms. The lowest BCUT2D eigenvalue weighted by Gasteiger charge is -2.47. The molecule has 0 radical (unpaired) electrons. The summed E-state index contributed by atoms with van der Waals surface area (Å²) in [5.74, 6) is 2.74. The van der Waals surface area contributed by atoms with E-state index in [1.807, 2.05) is 0 Å². The Kier molecular flexibility index (Phi) is 6.80. The maximum absolute atomic E-state index is 6.33. The summed E-state index contributed by atoms with van der Waals surface area (Å²) >= 11 is 0. The molecule has 0 saturated carbocycles. The Morgan fingerprint density at radius 3 is 2.54 bits per heavy atom. The van der Waals surface area contributed by atoms with E-state index in [1.54, 1.807) is 16.7 Å². The topological polar surface area (TPSA) is 49.2 Å². The van der Waals surface area contributed by atoms with Gasteiger partial charge in [-0.05, 0) is 120 Å². The van der Waals surface area contributed by atoms with E-state index in [9.17, 15) is 0 Å². The molecule has 8 atom stereocenters. The fourth-order valence-corrected chi connectivity index (χ4v) is 10.7. The lowest BCUT2D eigenvalue weighted by atomic mass is 9.69. The van der Waals surface area contributed by atoms with Gasteiger partial charge in [-0.3, -0.25) is 16.0 Å². The fourth-order valence-electron chi connectivity index (χ4n) is 10.7. The molecule has 1 saturated heterocycles. The molecular weight excluding hydrogens is 587 g/mol. The van der Waals surface area contributed by atoms with Gasteiger partial charge in [-0.1, -0.05) is 98.8 Å². The second kappa shape index (κ2) is 11.2. The molecular formula is C44H47N3O. The van der Waals surface area contributed by atoms with Gasteiger partial charge >= 0.3 is 0 Å². The number of furan rings is 1. The predicted molar refractivity (Wildman–Crippen MR) is 197 cm³/mol. The standard InChI is InChI=1S/C44H47N3O/c1-44(2)35-14-8-6-12-32(35)33-22-19-30(25-36(33)44)43-46-41(27-10-4-3-5-11-27)45-42(47-43)29-18-21-31-28(24-29)17-16-26-20-23-38-40(39(26)31)34-13-7-9-15-37(34)48-38/h3-4,6-9,12-17,19-20,23-24,27-28,31,33,36,41-43,45-47H,5,10-11,18,21-22,25H2,1-2H3. The first-order chi connectivity index (χ1) is 23.5. The van der Waals surface area contributed by atoms with Crippen LogP contribution in [0.4, 0.5) is 0 Å². The molecule has 1 aromatic heterocycles. The number of allylic oxidation sites excluding steroid dienone is 5. The molecule has 4 nitrogen and oxygen atoms in total. The fraction of sp³-hybridized carbons (Fsp3) is 0.409. The van der Waals surface area contributed by atoms with Crippen molar-refractivity contribution in [3.63, 3.8) is 0 Å². The van der Waals surface area contributed by atoms with Gasteiger partial charge in [0.25, 0.3) is 0 Å². The van der Waals surface area contributed by atoms with E-state index in [-0.39, 0.29) is 23.9 Å². The summed E-state index contributed by atoms with van der Waals surface area (Å²) in [6.45, 7) is 4.98. The second-order valence-corrected chi connectivity index (χ2v) is 16.0. The highest BCUT2D eigenvalue weighted by Gasteiger charge is 2.48. The van der Waals surface area contributed by atoms with Crippen LogP contribution in [0.1, 0.15) is 92.9 Å². The van der Waals surface area contributed by atoms with Crippen molar-refractivity contribution in [3.8, 4) is 0 Å². The maximum atomic E-state index is 6.33. The first-order valence-electron chi connectivity index (χ1n) is 18.6. The minimum atomic E-state index is 0.167. The van der Waals surface area contributed by atoms with Gasteiger partial charge in [0.1, 0.15) is 11.2 Å². The van der Waals surface area contributed by atoms with Crippen molar-refractivity contribution in [2.24, 2.45) is 17.8 Å². The van der Waals surface area contributed by atoms with Gasteiger partial charge in [-0.15, -0.1) is 0 Å². The smallest absolute Gasteiger partial charge is 0.135 e. The highest BCUT2D eigenvalue weighted by Crippen LogP contribution is 2.56. The van der Waals surface area contributed by atoms with Crippen molar-refractivity contribution in [2.75, 3.05) is 0 Å². The van der Waals surface area contributed by atoms with Crippen molar-refractivity contribution >= 4 is 28.0 Å². The van der Waals surface area contributed by atoms with Gasteiger partial charge in [-0.2, -0.15) is 0 Å². The van der Waals surface area contributed by atoms with Crippen molar-refractivity contribution in [2.45, 2.75) is 94.5 Å². The van der Waals surface area contributed by atoms with Crippen LogP contribution in [-0.2, 0) is 5.41 Å². The Balaban J connectivity index is 0.965. The van der Waals surface area contributed by atoms with E-state index in [0.717, 1.165) is 43.3 Å². The van der Waals surface area contributed by atoms with Crippen LogP contribution in [-0.4, -0.2) is 18.5 Å². The van der Waals surface area contributed by atoms with E-state index in [4.69, 9.17) is 4.42 Å². The third-order valence-corrected chi connectivity index (χ3v) is 13.2. The molecule has 1 fully saturated rings. The molecule has 5 aliphatic carbocycles. The molecule has 3 aromatic carbocycles. The molecule has 1 aliphatic heterocycles. The van der Waals surface area contributed by atoms with E-state index in [1.165, 1.54) is 40.3 Å². The lowest BCUT2D eigenvalue weighted by molar-refractivity contribution is 0.164. The first kappa shape index (κ1) is 29.2. The summed E-state index contributed by atoms with van der Waals surface area (Å²) in [4.78, 5) is 0. The molecule has 4 heteroatoms. The van der Waals surface area contributed by atoms with Crippen LogP contribution in [0.2, 0.25) is 0 Å². The summed E-state index contributed by atoms with van der Waals surface area (Å²) in [5.41, 5.74) is 11.3. The molecule has 0 bridgehead atoms. The zero-order chi connectivity index (χ0) is 32.0. The molecule has 3 N–H and O–H groups in total. The highest BCUT2D eigenvalue weighted by molar-refractivity contribution is 6.08. The van der Waals surface area contributed by atoms with E-state index in [0.29, 0.717) is 29.6 Å². The largest absolute Gasteiger partial charge is 0.456 e. The SMILES string of the molecule is CC1(C)c2ccccc2C2CC=C(C3NC(C4=CC5C=Cc6ccc7oc8ccccc8c7c6C5CC4)NC(C4CC=CCC4)N3)CC21. The number of hydrogen-bond acceptors (Lipinski definition) is 4. The molecule has 8 unspecified atom stereocenters. The summed E-state index contributed by atoms with van der Waals surface area (Å²) < 4.78 is 6.33. The Bertz CT molecular complexity index is 2040. The Hall–Kier alpha value is -3.70. The third kappa shape index (κ3) is 4.52. The Morgan fingerprint density at radius 2 is 1.65 bits per heavy atom. The number of nitrogens with one attached hydrogen (secondary N) is 3. The first-order valence-corrected chi connectivity index (χ1v) is 18.6. The molecule has 2 heterocycles. The Labute approximate surface area is 284 Å². The second-order valence-electron chi connectivity index (χ2n) is 16.0. The zero-order valence-corrected chi connectivity index (χ0v) is 28.2. The predicted octanol–water partition coefficient (Wildman–Crippen LogP) is 9.56. The summed E-state index contributed by atoms with van der Waals surface area (Å²) in [5, 5.41) is 14.9. The van der Waals surface area contributed by atoms with Gasteiger partial charge in [0.2, 0.25) is 0 Å². The van der Waals surface area contributed by atoms with Crippen LogP contribution in [0.3, 0.4) is 0 Å². The number of hydrogen-bond donors (Lipinski definition) is 3. The van der Waals surface area contributed by atoms with Gasteiger partial charge in [-0.25, -0.2) is 0 Å². The number of benzene rings is 3. The summed E-state index contributed by atoms with van der Waals surface area (Å²) in [6.07, 6.45) is 23.6. The summed E-state index contributed by atoms with van der Waals surface area (Å²) in [7, 11) is 0.